The molecule has 1 aliphatic rings. The number of thiocarbonyl (C=S) groups is 1. The van der Waals surface area contributed by atoms with E-state index in [1.165, 1.54) is 0 Å². The second-order valence-electron chi connectivity index (χ2n) is 4.91. The van der Waals surface area contributed by atoms with Crippen molar-refractivity contribution in [1.82, 2.24) is 4.90 Å². The first-order chi connectivity index (χ1) is 9.49. The van der Waals surface area contributed by atoms with Gasteiger partial charge in [-0.2, -0.15) is 0 Å². The van der Waals surface area contributed by atoms with Gasteiger partial charge in [-0.15, -0.1) is 0 Å². The van der Waals surface area contributed by atoms with Crippen LogP contribution in [-0.4, -0.2) is 34.8 Å². The molecule has 0 aliphatic carbocycles. The lowest BCUT2D eigenvalue weighted by atomic mass is 9.95. The van der Waals surface area contributed by atoms with Crippen LogP contribution in [0.5, 0.6) is 0 Å². The van der Waals surface area contributed by atoms with E-state index in [0.717, 1.165) is 0 Å². The van der Waals surface area contributed by atoms with Gasteiger partial charge in [-0.1, -0.05) is 24.4 Å². The molecule has 0 spiro atoms. The van der Waals surface area contributed by atoms with Gasteiger partial charge in [0.05, 0.1) is 0 Å². The number of rotatable bonds is 3. The van der Waals surface area contributed by atoms with Crippen molar-refractivity contribution in [1.29, 1.82) is 0 Å². The molecular formula is C14H17N3O2S. The number of carbonyl (C=O) groups is 2. The van der Waals surface area contributed by atoms with Gasteiger partial charge in [-0.05, 0) is 25.0 Å². The molecule has 5 nitrogen and oxygen atoms in total. The summed E-state index contributed by atoms with van der Waals surface area (Å²) >= 11 is 4.91. The number of likely N-dealkylation sites (tertiary alicyclic amines) is 1. The molecule has 1 saturated heterocycles. The lowest BCUT2D eigenvalue weighted by Crippen LogP contribution is -2.41. The molecule has 6 heteroatoms. The largest absolute Gasteiger partial charge is 0.389 e. The van der Waals surface area contributed by atoms with E-state index >= 15 is 0 Å². The average molecular weight is 291 g/mol. The van der Waals surface area contributed by atoms with Crippen LogP contribution in [0.1, 0.15) is 28.8 Å². The van der Waals surface area contributed by atoms with Crippen molar-refractivity contribution in [3.8, 4) is 0 Å². The summed E-state index contributed by atoms with van der Waals surface area (Å²) in [5.41, 5.74) is 12.1. The van der Waals surface area contributed by atoms with Crippen LogP contribution in [-0.2, 0) is 4.79 Å². The zero-order valence-corrected chi connectivity index (χ0v) is 11.9. The molecule has 2 rings (SSSR count). The predicted octanol–water partition coefficient (Wildman–Crippen LogP) is 0.658. The number of piperidine rings is 1. The number of amides is 2. The van der Waals surface area contributed by atoms with Gasteiger partial charge in [0.25, 0.3) is 5.91 Å². The second-order valence-corrected chi connectivity index (χ2v) is 5.35. The monoisotopic (exact) mass is 291 g/mol. The number of hydrogen-bond donors (Lipinski definition) is 2. The standard InChI is InChI=1S/C14H17N3O2S/c15-12(18)9-4-6-17(7-5-9)14(19)11-3-1-2-10(8-11)13(16)20/h1-3,8-9H,4-7H2,(H2,15,18)(H2,16,20). The summed E-state index contributed by atoms with van der Waals surface area (Å²) in [6.45, 7) is 1.09. The van der Waals surface area contributed by atoms with Crippen molar-refractivity contribution in [2.45, 2.75) is 12.8 Å². The van der Waals surface area contributed by atoms with E-state index in [0.29, 0.717) is 37.1 Å². The molecule has 0 bridgehead atoms. The van der Waals surface area contributed by atoms with Crippen LogP contribution >= 0.6 is 12.2 Å². The van der Waals surface area contributed by atoms with Gasteiger partial charge in [0.2, 0.25) is 5.91 Å². The van der Waals surface area contributed by atoms with Crippen LogP contribution in [0, 0.1) is 5.92 Å². The minimum Gasteiger partial charge on any atom is -0.389 e. The lowest BCUT2D eigenvalue weighted by Gasteiger charge is -2.30. The molecule has 0 unspecified atom stereocenters. The lowest BCUT2D eigenvalue weighted by molar-refractivity contribution is -0.123. The summed E-state index contributed by atoms with van der Waals surface area (Å²) in [6, 6.07) is 6.98. The quantitative estimate of drug-likeness (QED) is 0.801. The SMILES string of the molecule is NC(=O)C1CCN(C(=O)c2cccc(C(N)=S)c2)CC1. The minimum absolute atomic E-state index is 0.0639. The molecule has 2 amide bonds. The number of carbonyl (C=O) groups excluding carboxylic acids is 2. The molecule has 0 aromatic heterocycles. The second kappa shape index (κ2) is 6.00. The number of hydrogen-bond acceptors (Lipinski definition) is 3. The van der Waals surface area contributed by atoms with Crippen LogP contribution < -0.4 is 11.5 Å². The fraction of sp³-hybridized carbons (Fsp3) is 0.357. The zero-order valence-electron chi connectivity index (χ0n) is 11.0. The summed E-state index contributed by atoms with van der Waals surface area (Å²) in [7, 11) is 0. The Morgan fingerprint density at radius 1 is 1.15 bits per heavy atom. The minimum atomic E-state index is -0.285. The average Bonchev–Trinajstić information content (AvgIpc) is 2.46. The molecule has 1 heterocycles. The maximum Gasteiger partial charge on any atom is 0.253 e. The topological polar surface area (TPSA) is 89.4 Å². The fourth-order valence-electron chi connectivity index (χ4n) is 2.36. The van der Waals surface area contributed by atoms with E-state index in [-0.39, 0.29) is 22.7 Å². The van der Waals surface area contributed by atoms with E-state index in [9.17, 15) is 9.59 Å². The number of nitrogens with two attached hydrogens (primary N) is 2. The fourth-order valence-corrected chi connectivity index (χ4v) is 2.48. The van der Waals surface area contributed by atoms with Crippen LogP contribution in [0.15, 0.2) is 24.3 Å². The van der Waals surface area contributed by atoms with Crippen LogP contribution in [0.4, 0.5) is 0 Å². The number of benzene rings is 1. The van der Waals surface area contributed by atoms with Crippen LogP contribution in [0.2, 0.25) is 0 Å². The zero-order chi connectivity index (χ0) is 14.7. The maximum atomic E-state index is 12.4. The summed E-state index contributed by atoms with van der Waals surface area (Å²) < 4.78 is 0. The molecule has 0 radical (unpaired) electrons. The Bertz CT molecular complexity index is 551. The summed E-state index contributed by atoms with van der Waals surface area (Å²) in [6.07, 6.45) is 1.24. The van der Waals surface area contributed by atoms with Gasteiger partial charge in [0, 0.05) is 30.1 Å². The van der Waals surface area contributed by atoms with Gasteiger partial charge in [-0.25, -0.2) is 0 Å². The van der Waals surface area contributed by atoms with Gasteiger partial charge in [0.15, 0.2) is 0 Å². The molecule has 1 aromatic carbocycles. The molecular weight excluding hydrogens is 274 g/mol. The van der Waals surface area contributed by atoms with E-state index in [4.69, 9.17) is 23.7 Å². The summed E-state index contributed by atoms with van der Waals surface area (Å²) in [4.78, 5) is 25.5. The Labute approximate surface area is 122 Å². The third-order valence-electron chi connectivity index (χ3n) is 3.58. The van der Waals surface area contributed by atoms with Crippen molar-refractivity contribution < 1.29 is 9.59 Å². The molecule has 1 fully saturated rings. The van der Waals surface area contributed by atoms with E-state index < -0.39 is 0 Å². The Morgan fingerprint density at radius 2 is 1.75 bits per heavy atom. The summed E-state index contributed by atoms with van der Waals surface area (Å²) in [5.74, 6) is -0.472. The Kier molecular flexibility index (Phi) is 4.34. The van der Waals surface area contributed by atoms with Crippen molar-refractivity contribution in [3.63, 3.8) is 0 Å². The number of primary amides is 1. The molecule has 1 aliphatic heterocycles. The van der Waals surface area contributed by atoms with Crippen LogP contribution in [0.3, 0.4) is 0 Å². The molecule has 1 aromatic rings. The van der Waals surface area contributed by atoms with Crippen molar-refractivity contribution in [3.05, 3.63) is 35.4 Å². The van der Waals surface area contributed by atoms with Crippen molar-refractivity contribution >= 4 is 29.0 Å². The van der Waals surface area contributed by atoms with Gasteiger partial charge < -0.3 is 16.4 Å². The molecule has 106 valence electrons. The molecule has 0 atom stereocenters. The highest BCUT2D eigenvalue weighted by Crippen LogP contribution is 2.19. The molecule has 0 saturated carbocycles. The van der Waals surface area contributed by atoms with Crippen molar-refractivity contribution in [2.24, 2.45) is 17.4 Å². The van der Waals surface area contributed by atoms with Crippen LogP contribution in [0.25, 0.3) is 0 Å². The Balaban J connectivity index is 2.07. The first-order valence-electron chi connectivity index (χ1n) is 6.47. The molecule has 4 N–H and O–H groups in total. The highest BCUT2D eigenvalue weighted by Gasteiger charge is 2.26. The summed E-state index contributed by atoms with van der Waals surface area (Å²) in [5, 5.41) is 0. The van der Waals surface area contributed by atoms with Gasteiger partial charge in [-0.3, -0.25) is 9.59 Å². The third kappa shape index (κ3) is 3.14. The first-order valence-corrected chi connectivity index (χ1v) is 6.88. The maximum absolute atomic E-state index is 12.4. The normalized spacial score (nSPS) is 15.9. The van der Waals surface area contributed by atoms with E-state index in [1.54, 1.807) is 29.2 Å². The van der Waals surface area contributed by atoms with E-state index in [1.807, 2.05) is 0 Å². The van der Waals surface area contributed by atoms with Gasteiger partial charge >= 0.3 is 0 Å². The first kappa shape index (κ1) is 14.5. The third-order valence-corrected chi connectivity index (χ3v) is 3.81. The van der Waals surface area contributed by atoms with E-state index in [2.05, 4.69) is 0 Å². The predicted molar refractivity (Wildman–Crippen MR) is 80.2 cm³/mol. The van der Waals surface area contributed by atoms with Crippen molar-refractivity contribution in [2.75, 3.05) is 13.1 Å². The molecule has 20 heavy (non-hydrogen) atoms. The smallest absolute Gasteiger partial charge is 0.253 e. The highest BCUT2D eigenvalue weighted by atomic mass is 32.1. The van der Waals surface area contributed by atoms with Gasteiger partial charge in [0.1, 0.15) is 4.99 Å². The Morgan fingerprint density at radius 3 is 2.30 bits per heavy atom. The Hall–Kier alpha value is -1.95. The number of nitrogens with zero attached hydrogens (tertiary/aromatic N) is 1. The highest BCUT2D eigenvalue weighted by molar-refractivity contribution is 7.80.